The highest BCUT2D eigenvalue weighted by Crippen LogP contribution is 2.39. The summed E-state index contributed by atoms with van der Waals surface area (Å²) in [6, 6.07) is 8.74. The summed E-state index contributed by atoms with van der Waals surface area (Å²) in [5.41, 5.74) is 3.41. The molecule has 1 aromatic heterocycles. The smallest absolute Gasteiger partial charge is 0.255 e. The number of rotatable bonds is 7. The first-order chi connectivity index (χ1) is 18.3. The Labute approximate surface area is 229 Å². The molecule has 3 amide bonds. The summed E-state index contributed by atoms with van der Waals surface area (Å²) in [5.74, 6) is 0.0167. The van der Waals surface area contributed by atoms with Gasteiger partial charge in [-0.2, -0.15) is 0 Å². The van der Waals surface area contributed by atoms with E-state index in [0.29, 0.717) is 35.6 Å². The van der Waals surface area contributed by atoms with E-state index in [-0.39, 0.29) is 24.4 Å². The number of nitrogens with one attached hydrogen (secondary N) is 1. The van der Waals surface area contributed by atoms with Gasteiger partial charge in [-0.15, -0.1) is 11.8 Å². The van der Waals surface area contributed by atoms with Crippen LogP contribution in [-0.2, 0) is 9.59 Å². The number of thioether (sulfide) groups is 1. The largest absolute Gasteiger partial charge is 0.351 e. The highest BCUT2D eigenvalue weighted by atomic mass is 32.2. The quantitative estimate of drug-likeness (QED) is 0.524. The van der Waals surface area contributed by atoms with Gasteiger partial charge >= 0.3 is 0 Å². The van der Waals surface area contributed by atoms with Crippen molar-refractivity contribution in [2.75, 3.05) is 19.3 Å². The van der Waals surface area contributed by atoms with E-state index in [4.69, 9.17) is 0 Å². The second kappa shape index (κ2) is 11.1. The third-order valence-corrected chi connectivity index (χ3v) is 9.62. The van der Waals surface area contributed by atoms with Gasteiger partial charge in [-0.1, -0.05) is 18.2 Å². The number of fused-ring (bicyclic) bond motifs is 1. The van der Waals surface area contributed by atoms with Crippen LogP contribution < -0.4 is 5.32 Å². The van der Waals surface area contributed by atoms with E-state index in [2.05, 4.69) is 32.8 Å². The Hall–Kier alpha value is -2.87. The lowest BCUT2D eigenvalue weighted by atomic mass is 9.81. The zero-order valence-electron chi connectivity index (χ0n) is 22.8. The van der Waals surface area contributed by atoms with Crippen LogP contribution in [0.3, 0.4) is 0 Å². The number of hydrogen-bond donors (Lipinski definition) is 1. The van der Waals surface area contributed by atoms with E-state index in [1.54, 1.807) is 0 Å². The van der Waals surface area contributed by atoms with Crippen molar-refractivity contribution in [3.8, 4) is 0 Å². The maximum atomic E-state index is 13.6. The van der Waals surface area contributed by atoms with E-state index >= 15 is 0 Å². The van der Waals surface area contributed by atoms with Crippen molar-refractivity contribution in [2.45, 2.75) is 71.4 Å². The molecule has 0 spiro atoms. The van der Waals surface area contributed by atoms with Gasteiger partial charge in [0.25, 0.3) is 11.8 Å². The van der Waals surface area contributed by atoms with Crippen LogP contribution in [-0.4, -0.2) is 58.3 Å². The normalized spacial score (nSPS) is 24.9. The number of carbonyl (C=O) groups excluding carboxylic acids is 3. The number of allylic oxidation sites excluding steroid dienone is 1. The Morgan fingerprint density at radius 2 is 1.89 bits per heavy atom. The van der Waals surface area contributed by atoms with Gasteiger partial charge in [-0.25, -0.2) is 4.99 Å². The molecule has 38 heavy (non-hydrogen) atoms. The Morgan fingerprint density at radius 3 is 2.58 bits per heavy atom. The number of benzene rings is 1. The molecule has 7 nitrogen and oxygen atoms in total. The molecular formula is C30H38N4O3S. The first kappa shape index (κ1) is 26.7. The molecule has 3 heterocycles. The van der Waals surface area contributed by atoms with Crippen molar-refractivity contribution in [3.63, 3.8) is 0 Å². The van der Waals surface area contributed by atoms with Gasteiger partial charge in [-0.05, 0) is 77.2 Å². The van der Waals surface area contributed by atoms with E-state index in [9.17, 15) is 14.4 Å². The minimum atomic E-state index is -0.442. The highest BCUT2D eigenvalue weighted by molar-refractivity contribution is 8.02. The summed E-state index contributed by atoms with van der Waals surface area (Å²) in [5, 5.41) is 3.99. The summed E-state index contributed by atoms with van der Waals surface area (Å²) in [6.45, 7) is 7.27. The number of dihydropyridines is 1. The summed E-state index contributed by atoms with van der Waals surface area (Å²) < 4.78 is 2.34. The van der Waals surface area contributed by atoms with Gasteiger partial charge in [0.15, 0.2) is 0 Å². The average molecular weight is 535 g/mol. The van der Waals surface area contributed by atoms with Crippen LogP contribution in [0.15, 0.2) is 40.2 Å². The molecule has 2 aliphatic heterocycles. The molecule has 1 aromatic carbocycles. The Kier molecular flexibility index (Phi) is 7.80. The van der Waals surface area contributed by atoms with Crippen molar-refractivity contribution in [1.82, 2.24) is 14.8 Å². The number of aromatic nitrogens is 1. The van der Waals surface area contributed by atoms with Gasteiger partial charge < -0.3 is 14.8 Å². The maximum absolute atomic E-state index is 13.6. The van der Waals surface area contributed by atoms with Gasteiger partial charge in [0.2, 0.25) is 5.91 Å². The first-order valence-corrected chi connectivity index (χ1v) is 15.0. The average Bonchev–Trinajstić information content (AvgIpc) is 3.47. The van der Waals surface area contributed by atoms with E-state index in [1.165, 1.54) is 11.8 Å². The van der Waals surface area contributed by atoms with Crippen molar-refractivity contribution < 1.29 is 14.4 Å². The summed E-state index contributed by atoms with van der Waals surface area (Å²) in [6.07, 6.45) is 9.83. The predicted molar refractivity (Wildman–Crippen MR) is 154 cm³/mol. The van der Waals surface area contributed by atoms with Crippen LogP contribution in [0.4, 0.5) is 0 Å². The van der Waals surface area contributed by atoms with Crippen LogP contribution in [0.5, 0.6) is 0 Å². The lowest BCUT2D eigenvalue weighted by Crippen LogP contribution is -2.39. The molecule has 2 aromatic rings. The van der Waals surface area contributed by atoms with Crippen molar-refractivity contribution in [2.24, 2.45) is 16.8 Å². The number of aliphatic imine (C=N–C) groups is 1. The SMILES string of the molecule is CSC1=CC(C)=NC(=O)C1CNC(=O)c1c(C)n([C@H](C)C2CCC(N3CCCC3=O)CC2)c2ccccc12. The van der Waals surface area contributed by atoms with E-state index < -0.39 is 5.92 Å². The highest BCUT2D eigenvalue weighted by Gasteiger charge is 2.35. The molecule has 0 radical (unpaired) electrons. The van der Waals surface area contributed by atoms with Crippen LogP contribution in [0.25, 0.3) is 10.9 Å². The van der Waals surface area contributed by atoms with Crippen molar-refractivity contribution >= 4 is 46.1 Å². The summed E-state index contributed by atoms with van der Waals surface area (Å²) in [4.78, 5) is 45.6. The molecule has 1 unspecified atom stereocenters. The second-order valence-corrected chi connectivity index (χ2v) is 11.8. The zero-order chi connectivity index (χ0) is 27.0. The fraction of sp³-hybridized carbons (Fsp3) is 0.533. The summed E-state index contributed by atoms with van der Waals surface area (Å²) >= 11 is 1.53. The zero-order valence-corrected chi connectivity index (χ0v) is 23.6. The van der Waals surface area contributed by atoms with E-state index in [0.717, 1.165) is 60.2 Å². The van der Waals surface area contributed by atoms with Crippen molar-refractivity contribution in [3.05, 3.63) is 46.5 Å². The lowest BCUT2D eigenvalue weighted by Gasteiger charge is -2.37. The second-order valence-electron chi connectivity index (χ2n) is 11.0. The van der Waals surface area contributed by atoms with Crippen LogP contribution in [0.1, 0.15) is 74.5 Å². The number of para-hydroxylation sites is 1. The third kappa shape index (κ3) is 4.95. The molecule has 8 heteroatoms. The Bertz CT molecular complexity index is 1320. The van der Waals surface area contributed by atoms with Crippen LogP contribution in [0, 0.1) is 18.8 Å². The molecule has 5 rings (SSSR count). The molecule has 2 fully saturated rings. The maximum Gasteiger partial charge on any atom is 0.255 e. The molecule has 0 bridgehead atoms. The standard InChI is InChI=1S/C30H38N4O3S/c1-18-16-26(38-4)24(29(36)32-18)17-31-30(37)28-20(3)34(25-9-6-5-8-23(25)28)19(2)21-11-13-22(14-12-21)33-15-7-10-27(33)35/h5-6,8-9,16,19,21-22,24H,7,10-15,17H2,1-4H3,(H,31,37)/t19-,21?,22?,24?/m1/s1. The predicted octanol–water partition coefficient (Wildman–Crippen LogP) is 5.29. The van der Waals surface area contributed by atoms with Crippen LogP contribution in [0.2, 0.25) is 0 Å². The molecule has 1 N–H and O–H groups in total. The van der Waals surface area contributed by atoms with Crippen molar-refractivity contribution in [1.29, 1.82) is 0 Å². The monoisotopic (exact) mass is 534 g/mol. The van der Waals surface area contributed by atoms with Gasteiger partial charge in [0.05, 0.1) is 11.5 Å². The van der Waals surface area contributed by atoms with E-state index in [1.807, 2.05) is 44.4 Å². The molecule has 2 atom stereocenters. The first-order valence-electron chi connectivity index (χ1n) is 13.8. The number of carbonyl (C=O) groups is 3. The minimum Gasteiger partial charge on any atom is -0.351 e. The fourth-order valence-corrected chi connectivity index (χ4v) is 7.51. The Morgan fingerprint density at radius 1 is 1.16 bits per heavy atom. The number of amides is 3. The fourth-order valence-electron chi connectivity index (χ4n) is 6.75. The topological polar surface area (TPSA) is 83.8 Å². The number of nitrogens with zero attached hydrogens (tertiary/aromatic N) is 3. The lowest BCUT2D eigenvalue weighted by molar-refractivity contribution is -0.130. The van der Waals surface area contributed by atoms with Gasteiger partial charge in [0, 0.05) is 58.8 Å². The molecule has 3 aliphatic rings. The number of hydrogen-bond acceptors (Lipinski definition) is 4. The summed E-state index contributed by atoms with van der Waals surface area (Å²) in [7, 11) is 0. The van der Waals surface area contributed by atoms with Gasteiger partial charge in [-0.3, -0.25) is 14.4 Å². The van der Waals surface area contributed by atoms with Gasteiger partial charge in [0.1, 0.15) is 0 Å². The number of likely N-dealkylation sites (tertiary alicyclic amines) is 1. The molecule has 1 saturated carbocycles. The molecule has 1 saturated heterocycles. The molecular weight excluding hydrogens is 496 g/mol. The minimum absolute atomic E-state index is 0.152. The Balaban J connectivity index is 1.34. The molecule has 202 valence electrons. The molecule has 1 aliphatic carbocycles. The third-order valence-electron chi connectivity index (χ3n) is 8.75. The van der Waals surface area contributed by atoms with Crippen LogP contribution >= 0.6 is 11.8 Å².